The Morgan fingerprint density at radius 1 is 1.16 bits per heavy atom. The number of fused-ring (bicyclic) bond motifs is 1. The summed E-state index contributed by atoms with van der Waals surface area (Å²) < 4.78 is 7.08. The molecule has 0 radical (unpaired) electrons. The number of pyridine rings is 2. The van der Waals surface area contributed by atoms with Crippen molar-refractivity contribution in [2.24, 2.45) is 7.05 Å². The van der Waals surface area contributed by atoms with Crippen LogP contribution in [0.25, 0.3) is 22.3 Å². The lowest BCUT2D eigenvalue weighted by Crippen LogP contribution is -2.35. The number of benzene rings is 1. The Bertz CT molecular complexity index is 1340. The molecule has 3 aromatic heterocycles. The number of hydrogen-bond acceptors (Lipinski definition) is 7. The first kappa shape index (κ1) is 19.0. The maximum atomic E-state index is 12.8. The molecule has 0 bridgehead atoms. The third kappa shape index (κ3) is 3.24. The van der Waals surface area contributed by atoms with Gasteiger partial charge in [-0.15, -0.1) is 0 Å². The van der Waals surface area contributed by atoms with Crippen molar-refractivity contribution >= 4 is 16.6 Å². The van der Waals surface area contributed by atoms with Crippen LogP contribution in [0.3, 0.4) is 0 Å². The van der Waals surface area contributed by atoms with Gasteiger partial charge in [-0.1, -0.05) is 23.4 Å². The summed E-state index contributed by atoms with van der Waals surface area (Å²) in [5, 5.41) is 14.7. The second kappa shape index (κ2) is 7.69. The Hall–Kier alpha value is -3.99. The second-order valence-electron chi connectivity index (χ2n) is 7.68. The third-order valence-electron chi connectivity index (χ3n) is 5.91. The van der Waals surface area contributed by atoms with Crippen LogP contribution in [-0.4, -0.2) is 32.8 Å². The van der Waals surface area contributed by atoms with Crippen LogP contribution in [0.15, 0.2) is 58.1 Å². The summed E-state index contributed by atoms with van der Waals surface area (Å²) in [6.45, 7) is 1.39. The van der Waals surface area contributed by atoms with E-state index in [1.54, 1.807) is 24.0 Å². The zero-order valence-electron chi connectivity index (χ0n) is 17.0. The summed E-state index contributed by atoms with van der Waals surface area (Å²) in [5.74, 6) is 1.29. The van der Waals surface area contributed by atoms with Crippen LogP contribution >= 0.6 is 0 Å². The van der Waals surface area contributed by atoms with Crippen LogP contribution in [0.5, 0.6) is 0 Å². The molecule has 0 amide bonds. The first-order chi connectivity index (χ1) is 15.2. The van der Waals surface area contributed by atoms with E-state index in [2.05, 4.69) is 26.1 Å². The number of para-hydroxylation sites is 1. The zero-order chi connectivity index (χ0) is 21.4. The van der Waals surface area contributed by atoms with Gasteiger partial charge in [0.1, 0.15) is 11.6 Å². The Morgan fingerprint density at radius 2 is 1.97 bits per heavy atom. The topological polar surface area (TPSA) is 101 Å². The molecule has 8 heteroatoms. The van der Waals surface area contributed by atoms with Gasteiger partial charge in [-0.05, 0) is 31.0 Å². The van der Waals surface area contributed by atoms with Crippen LogP contribution < -0.4 is 10.5 Å². The van der Waals surface area contributed by atoms with E-state index in [9.17, 15) is 10.1 Å². The van der Waals surface area contributed by atoms with Gasteiger partial charge >= 0.3 is 0 Å². The summed E-state index contributed by atoms with van der Waals surface area (Å²) in [6, 6.07) is 13.6. The summed E-state index contributed by atoms with van der Waals surface area (Å²) in [5.41, 5.74) is 2.29. The number of hydrogen-bond donors (Lipinski definition) is 0. The van der Waals surface area contributed by atoms with Crippen molar-refractivity contribution in [3.05, 3.63) is 70.6 Å². The van der Waals surface area contributed by atoms with Crippen molar-refractivity contribution in [2.45, 2.75) is 18.8 Å². The van der Waals surface area contributed by atoms with Crippen LogP contribution in [0.2, 0.25) is 0 Å². The lowest BCUT2D eigenvalue weighted by Gasteiger charge is -2.33. The van der Waals surface area contributed by atoms with Gasteiger partial charge in [-0.2, -0.15) is 10.2 Å². The van der Waals surface area contributed by atoms with E-state index in [4.69, 9.17) is 4.52 Å². The molecule has 5 rings (SSSR count). The largest absolute Gasteiger partial charge is 0.370 e. The molecule has 0 unspecified atom stereocenters. The monoisotopic (exact) mass is 412 g/mol. The number of nitrogens with zero attached hydrogens (tertiary/aromatic N) is 6. The molecule has 1 aliphatic heterocycles. The predicted octanol–water partition coefficient (Wildman–Crippen LogP) is 3.24. The number of nitriles is 1. The summed E-state index contributed by atoms with van der Waals surface area (Å²) >= 11 is 0. The van der Waals surface area contributed by atoms with E-state index >= 15 is 0 Å². The average Bonchev–Trinajstić information content (AvgIpc) is 3.32. The predicted molar refractivity (Wildman–Crippen MR) is 116 cm³/mol. The molecule has 0 N–H and O–H groups in total. The molecule has 4 heterocycles. The van der Waals surface area contributed by atoms with Crippen molar-refractivity contribution < 1.29 is 4.52 Å². The summed E-state index contributed by atoms with van der Waals surface area (Å²) in [7, 11) is 1.71. The van der Waals surface area contributed by atoms with Gasteiger partial charge in [-0.25, -0.2) is 0 Å². The fourth-order valence-corrected chi connectivity index (χ4v) is 4.27. The molecule has 8 nitrogen and oxygen atoms in total. The van der Waals surface area contributed by atoms with E-state index in [-0.39, 0.29) is 17.0 Å². The number of aromatic nitrogens is 4. The SMILES string of the molecule is Cn1c(=O)c(C#N)c(N2CCC(c3nc(-c4cccnc4)no3)CC2)c2ccccc21. The van der Waals surface area contributed by atoms with Crippen LogP contribution in [0, 0.1) is 11.3 Å². The highest BCUT2D eigenvalue weighted by Gasteiger charge is 2.28. The van der Waals surface area contributed by atoms with Crippen molar-refractivity contribution in [3.8, 4) is 17.5 Å². The lowest BCUT2D eigenvalue weighted by atomic mass is 9.95. The molecule has 1 saturated heterocycles. The Kier molecular flexibility index (Phi) is 4.71. The highest BCUT2D eigenvalue weighted by molar-refractivity contribution is 5.94. The van der Waals surface area contributed by atoms with Crippen molar-refractivity contribution in [1.29, 1.82) is 5.26 Å². The molecule has 1 aliphatic rings. The van der Waals surface area contributed by atoms with Gasteiger partial charge in [0.05, 0.1) is 11.2 Å². The highest BCUT2D eigenvalue weighted by Crippen LogP contribution is 2.34. The molecule has 1 fully saturated rings. The molecule has 4 aromatic rings. The van der Waals surface area contributed by atoms with Gasteiger partial charge in [0.25, 0.3) is 5.56 Å². The maximum absolute atomic E-state index is 12.8. The number of anilines is 1. The minimum absolute atomic E-state index is 0.137. The van der Waals surface area contributed by atoms with E-state index in [1.165, 1.54) is 0 Å². The van der Waals surface area contributed by atoms with Crippen molar-refractivity contribution in [1.82, 2.24) is 19.7 Å². The van der Waals surface area contributed by atoms with E-state index in [1.807, 2.05) is 36.4 Å². The quantitative estimate of drug-likeness (QED) is 0.509. The first-order valence-electron chi connectivity index (χ1n) is 10.2. The molecule has 31 heavy (non-hydrogen) atoms. The van der Waals surface area contributed by atoms with Crippen molar-refractivity contribution in [2.75, 3.05) is 18.0 Å². The smallest absolute Gasteiger partial charge is 0.270 e. The maximum Gasteiger partial charge on any atom is 0.270 e. The van der Waals surface area contributed by atoms with E-state index < -0.39 is 0 Å². The Labute approximate surface area is 178 Å². The summed E-state index contributed by atoms with van der Waals surface area (Å²) in [6.07, 6.45) is 5.00. The van der Waals surface area contributed by atoms with Gasteiger partial charge in [0, 0.05) is 49.4 Å². The first-order valence-corrected chi connectivity index (χ1v) is 10.2. The highest BCUT2D eigenvalue weighted by atomic mass is 16.5. The molecule has 1 aromatic carbocycles. The van der Waals surface area contributed by atoms with Crippen molar-refractivity contribution in [3.63, 3.8) is 0 Å². The third-order valence-corrected chi connectivity index (χ3v) is 5.91. The number of rotatable bonds is 3. The molecule has 0 saturated carbocycles. The fraction of sp³-hybridized carbons (Fsp3) is 0.261. The zero-order valence-corrected chi connectivity index (χ0v) is 17.0. The van der Waals surface area contributed by atoms with Crippen LogP contribution in [0.4, 0.5) is 5.69 Å². The fourth-order valence-electron chi connectivity index (χ4n) is 4.27. The Morgan fingerprint density at radius 3 is 2.71 bits per heavy atom. The number of aryl methyl sites for hydroxylation is 1. The summed E-state index contributed by atoms with van der Waals surface area (Å²) in [4.78, 5) is 23.6. The van der Waals surface area contributed by atoms with Gasteiger partial charge < -0.3 is 14.0 Å². The van der Waals surface area contributed by atoms with Gasteiger partial charge in [0.2, 0.25) is 11.7 Å². The normalized spacial score (nSPS) is 14.6. The minimum Gasteiger partial charge on any atom is -0.370 e. The molecule has 0 aliphatic carbocycles. The van der Waals surface area contributed by atoms with Crippen LogP contribution in [0.1, 0.15) is 30.2 Å². The number of piperidine rings is 1. The molecular formula is C23H20N6O2. The molecule has 0 spiro atoms. The molecular weight excluding hydrogens is 392 g/mol. The second-order valence-corrected chi connectivity index (χ2v) is 7.68. The minimum atomic E-state index is -0.267. The molecule has 0 atom stereocenters. The molecule has 154 valence electrons. The lowest BCUT2D eigenvalue weighted by molar-refractivity contribution is 0.329. The van der Waals surface area contributed by atoms with Gasteiger partial charge in [-0.3, -0.25) is 9.78 Å². The average molecular weight is 412 g/mol. The standard InChI is InChI=1S/C23H20N6O2/c1-28-19-7-3-2-6-17(19)20(18(13-24)23(28)30)29-11-8-15(9-12-29)22-26-21(27-31-22)16-5-4-10-25-14-16/h2-7,10,14-15H,8-9,11-12H2,1H3. The Balaban J connectivity index is 1.43. The van der Waals surface area contributed by atoms with E-state index in [0.29, 0.717) is 24.8 Å². The van der Waals surface area contributed by atoms with Gasteiger partial charge in [0.15, 0.2) is 0 Å². The van der Waals surface area contributed by atoms with E-state index in [0.717, 1.165) is 35.0 Å². The van der Waals surface area contributed by atoms with Crippen LogP contribution in [-0.2, 0) is 7.05 Å².